The molecule has 0 saturated heterocycles. The number of fused-ring (bicyclic) bond motifs is 2. The molecule has 0 radical (unpaired) electrons. The average Bonchev–Trinajstić information content (AvgIpc) is 2.94. The number of aromatic nitrogens is 1. The molecule has 0 spiro atoms. The van der Waals surface area contributed by atoms with Crippen LogP contribution in [0.5, 0.6) is 0 Å². The molecule has 4 heteroatoms. The fraction of sp³-hybridized carbons (Fsp3) is 0.400. The lowest BCUT2D eigenvalue weighted by atomic mass is 9.91. The topological polar surface area (TPSA) is 37.3 Å². The van der Waals surface area contributed by atoms with E-state index >= 15 is 0 Å². The maximum atomic E-state index is 12.8. The van der Waals surface area contributed by atoms with E-state index in [2.05, 4.69) is 57.4 Å². The summed E-state index contributed by atoms with van der Waals surface area (Å²) in [7, 11) is 2.05. The summed E-state index contributed by atoms with van der Waals surface area (Å²) in [5.74, 6) is 0.0138. The van der Waals surface area contributed by atoms with Crippen LogP contribution in [0.1, 0.15) is 46.3 Å². The standard InChI is InChI=1S/C25H29N3O/c1-27-12-9-20-6-5-18(15-24(20)27)17-26-25(29)22-8-7-19-10-13-28(23-3-2-4-23)14-11-21(19)16-22/h5-9,12,15-16,23H,2-4,10-11,13-14,17H2,1H3,(H,26,29). The molecule has 1 fully saturated rings. The maximum Gasteiger partial charge on any atom is 0.251 e. The minimum absolute atomic E-state index is 0.0138. The van der Waals surface area contributed by atoms with Gasteiger partial charge in [-0.1, -0.05) is 24.6 Å². The first kappa shape index (κ1) is 18.4. The zero-order valence-corrected chi connectivity index (χ0v) is 17.2. The van der Waals surface area contributed by atoms with Gasteiger partial charge in [0, 0.05) is 50.0 Å². The Labute approximate surface area is 172 Å². The van der Waals surface area contributed by atoms with Crippen molar-refractivity contribution in [2.75, 3.05) is 13.1 Å². The van der Waals surface area contributed by atoms with Crippen molar-refractivity contribution < 1.29 is 4.79 Å². The van der Waals surface area contributed by atoms with Crippen molar-refractivity contribution >= 4 is 16.8 Å². The third kappa shape index (κ3) is 3.69. The first-order valence-electron chi connectivity index (χ1n) is 10.9. The first-order valence-corrected chi connectivity index (χ1v) is 10.9. The van der Waals surface area contributed by atoms with Crippen molar-refractivity contribution in [2.24, 2.45) is 7.05 Å². The third-order valence-electron chi connectivity index (χ3n) is 6.80. The van der Waals surface area contributed by atoms with Crippen LogP contribution < -0.4 is 5.32 Å². The second-order valence-electron chi connectivity index (χ2n) is 8.61. The van der Waals surface area contributed by atoms with Gasteiger partial charge in [0.15, 0.2) is 0 Å². The Morgan fingerprint density at radius 2 is 1.86 bits per heavy atom. The maximum absolute atomic E-state index is 12.8. The van der Waals surface area contributed by atoms with Crippen LogP contribution in [-0.2, 0) is 26.4 Å². The molecule has 0 bridgehead atoms. The van der Waals surface area contributed by atoms with E-state index in [4.69, 9.17) is 0 Å². The number of hydrogen-bond donors (Lipinski definition) is 1. The van der Waals surface area contributed by atoms with Gasteiger partial charge in [-0.25, -0.2) is 0 Å². The number of amides is 1. The van der Waals surface area contributed by atoms with E-state index in [0.29, 0.717) is 6.54 Å². The van der Waals surface area contributed by atoms with Crippen LogP contribution in [-0.4, -0.2) is 34.5 Å². The number of benzene rings is 2. The Balaban J connectivity index is 1.25. The van der Waals surface area contributed by atoms with Crippen molar-refractivity contribution in [3.63, 3.8) is 0 Å². The molecule has 1 N–H and O–H groups in total. The van der Waals surface area contributed by atoms with Gasteiger partial charge >= 0.3 is 0 Å². The van der Waals surface area contributed by atoms with Crippen LogP contribution in [0.4, 0.5) is 0 Å². The number of aryl methyl sites for hydroxylation is 1. The Bertz CT molecular complexity index is 1050. The lowest BCUT2D eigenvalue weighted by Crippen LogP contribution is -2.41. The van der Waals surface area contributed by atoms with E-state index in [1.807, 2.05) is 13.1 Å². The molecule has 150 valence electrons. The highest BCUT2D eigenvalue weighted by molar-refractivity contribution is 5.94. The van der Waals surface area contributed by atoms with Gasteiger partial charge in [0.25, 0.3) is 5.91 Å². The summed E-state index contributed by atoms with van der Waals surface area (Å²) in [5, 5.41) is 4.33. The molecule has 1 saturated carbocycles. The average molecular weight is 388 g/mol. The van der Waals surface area contributed by atoms with Crippen molar-refractivity contribution in [1.29, 1.82) is 0 Å². The minimum Gasteiger partial charge on any atom is -0.351 e. The minimum atomic E-state index is 0.0138. The number of rotatable bonds is 4. The molecule has 3 aromatic rings. The molecule has 2 heterocycles. The summed E-state index contributed by atoms with van der Waals surface area (Å²) < 4.78 is 2.11. The number of carbonyl (C=O) groups is 1. The molecule has 1 aliphatic carbocycles. The SMILES string of the molecule is Cn1ccc2ccc(CNC(=O)c3ccc4c(c3)CCN(C3CCC3)CC4)cc21. The normalized spacial score (nSPS) is 17.6. The van der Waals surface area contributed by atoms with Gasteiger partial charge in [-0.05, 0) is 72.0 Å². The predicted octanol–water partition coefficient (Wildman–Crippen LogP) is 4.06. The fourth-order valence-corrected chi connectivity index (χ4v) is 4.70. The highest BCUT2D eigenvalue weighted by Gasteiger charge is 2.26. The summed E-state index contributed by atoms with van der Waals surface area (Å²) in [6.45, 7) is 2.83. The molecule has 0 atom stereocenters. The van der Waals surface area contributed by atoms with Crippen LogP contribution in [0.3, 0.4) is 0 Å². The second kappa shape index (κ2) is 7.68. The molecule has 1 aliphatic heterocycles. The highest BCUT2D eigenvalue weighted by atomic mass is 16.1. The zero-order valence-electron chi connectivity index (χ0n) is 17.2. The zero-order chi connectivity index (χ0) is 19.8. The number of carbonyl (C=O) groups excluding carboxylic acids is 1. The van der Waals surface area contributed by atoms with E-state index in [0.717, 1.165) is 43.1 Å². The molecule has 4 nitrogen and oxygen atoms in total. The van der Waals surface area contributed by atoms with Gasteiger partial charge in [0.1, 0.15) is 0 Å². The molecule has 0 unspecified atom stereocenters. The summed E-state index contributed by atoms with van der Waals surface area (Å²) in [6, 6.07) is 15.6. The van der Waals surface area contributed by atoms with Crippen LogP contribution in [0.15, 0.2) is 48.7 Å². The second-order valence-corrected chi connectivity index (χ2v) is 8.61. The van der Waals surface area contributed by atoms with E-state index in [1.165, 1.54) is 41.3 Å². The molecular weight excluding hydrogens is 358 g/mol. The van der Waals surface area contributed by atoms with Crippen molar-refractivity contribution in [1.82, 2.24) is 14.8 Å². The van der Waals surface area contributed by atoms with Crippen LogP contribution in [0.25, 0.3) is 10.9 Å². The lowest BCUT2D eigenvalue weighted by molar-refractivity contribution is 0.0951. The molecular formula is C25H29N3O. The summed E-state index contributed by atoms with van der Waals surface area (Å²) in [4.78, 5) is 15.4. The Morgan fingerprint density at radius 1 is 1.03 bits per heavy atom. The molecule has 2 aliphatic rings. The molecule has 1 amide bonds. The number of hydrogen-bond acceptors (Lipinski definition) is 2. The van der Waals surface area contributed by atoms with Crippen LogP contribution in [0.2, 0.25) is 0 Å². The molecule has 1 aromatic heterocycles. The van der Waals surface area contributed by atoms with Gasteiger partial charge in [-0.3, -0.25) is 9.69 Å². The smallest absolute Gasteiger partial charge is 0.251 e. The third-order valence-corrected chi connectivity index (χ3v) is 6.80. The number of nitrogens with zero attached hydrogens (tertiary/aromatic N) is 2. The first-order chi connectivity index (χ1) is 14.2. The van der Waals surface area contributed by atoms with Gasteiger partial charge in [-0.15, -0.1) is 0 Å². The van der Waals surface area contributed by atoms with E-state index in [-0.39, 0.29) is 5.91 Å². The molecule has 5 rings (SSSR count). The fourth-order valence-electron chi connectivity index (χ4n) is 4.70. The molecule has 29 heavy (non-hydrogen) atoms. The van der Waals surface area contributed by atoms with E-state index < -0.39 is 0 Å². The summed E-state index contributed by atoms with van der Waals surface area (Å²) in [5.41, 5.74) is 5.86. The quantitative estimate of drug-likeness (QED) is 0.733. The predicted molar refractivity (Wildman–Crippen MR) is 117 cm³/mol. The van der Waals surface area contributed by atoms with Crippen LogP contribution >= 0.6 is 0 Å². The Hall–Kier alpha value is -2.59. The summed E-state index contributed by atoms with van der Waals surface area (Å²) >= 11 is 0. The van der Waals surface area contributed by atoms with Gasteiger partial charge in [0.05, 0.1) is 0 Å². The van der Waals surface area contributed by atoms with Gasteiger partial charge in [-0.2, -0.15) is 0 Å². The van der Waals surface area contributed by atoms with Gasteiger partial charge in [0.2, 0.25) is 0 Å². The van der Waals surface area contributed by atoms with Crippen molar-refractivity contribution in [2.45, 2.75) is 44.7 Å². The Kier molecular flexibility index (Phi) is 4.88. The number of nitrogens with one attached hydrogen (secondary N) is 1. The Morgan fingerprint density at radius 3 is 2.66 bits per heavy atom. The highest BCUT2D eigenvalue weighted by Crippen LogP contribution is 2.27. The van der Waals surface area contributed by atoms with E-state index in [9.17, 15) is 4.79 Å². The van der Waals surface area contributed by atoms with Crippen molar-refractivity contribution in [3.05, 3.63) is 70.9 Å². The van der Waals surface area contributed by atoms with Crippen LogP contribution in [0, 0.1) is 0 Å². The van der Waals surface area contributed by atoms with Gasteiger partial charge < -0.3 is 9.88 Å². The lowest BCUT2D eigenvalue weighted by Gasteiger charge is -2.36. The molecule has 2 aromatic carbocycles. The largest absolute Gasteiger partial charge is 0.351 e. The monoisotopic (exact) mass is 387 g/mol. The van der Waals surface area contributed by atoms with E-state index in [1.54, 1.807) is 0 Å². The van der Waals surface area contributed by atoms with Crippen molar-refractivity contribution in [3.8, 4) is 0 Å². The summed E-state index contributed by atoms with van der Waals surface area (Å²) in [6.07, 6.45) is 8.32.